The van der Waals surface area contributed by atoms with E-state index in [0.717, 1.165) is 0 Å². The fraction of sp³-hybridized carbons (Fsp3) is 0.278. The van der Waals surface area contributed by atoms with Crippen LogP contribution in [0.25, 0.3) is 5.82 Å². The zero-order valence-electron chi connectivity index (χ0n) is 22.0. The van der Waals surface area contributed by atoms with E-state index in [2.05, 4.69) is 10.3 Å². The molecule has 1 fully saturated rings. The quantitative estimate of drug-likeness (QED) is 0.864. The first-order valence-electron chi connectivity index (χ1n) is 12.1. The van der Waals surface area contributed by atoms with Crippen molar-refractivity contribution in [3.8, 4) is 0 Å². The van der Waals surface area contributed by atoms with Crippen molar-refractivity contribution in [2.75, 3.05) is 38.5 Å². The van der Waals surface area contributed by atoms with Crippen molar-refractivity contribution in [1.29, 1.82) is 0 Å². The Bertz CT molecular complexity index is 1290. The number of nitrogens with zero attached hydrogens (tertiary/aromatic N) is 3. The molecule has 0 aliphatic carbocycles. The van der Waals surface area contributed by atoms with E-state index in [0.29, 0.717) is 0 Å². The van der Waals surface area contributed by atoms with E-state index in [1.807, 2.05) is 0 Å². The number of para-hydroxylation sites is 1. The summed E-state index contributed by atoms with van der Waals surface area (Å²) in [6, 6.07) is -2.86. The monoisotopic (exact) mass is 336 g/mol. The topological polar surface area (TPSA) is 30.9 Å². The number of hydrogen-bond acceptors (Lipinski definition) is 4. The minimum absolute atomic E-state index is 0.00214. The van der Waals surface area contributed by atoms with E-state index >= 15 is 0 Å². The third-order valence-corrected chi connectivity index (χ3v) is 3.92. The zero-order chi connectivity index (χ0) is 24.4. The van der Waals surface area contributed by atoms with Gasteiger partial charge in [0.15, 0.2) is 0 Å². The molecule has 0 unspecified atom stereocenters. The van der Waals surface area contributed by atoms with Gasteiger partial charge in [-0.05, 0) is 37.2 Å². The number of nitrogens with one attached hydrogen (secondary N) is 1. The van der Waals surface area contributed by atoms with Crippen molar-refractivity contribution in [1.82, 2.24) is 9.80 Å². The number of rotatable bonds is 1. The summed E-state index contributed by atoms with van der Waals surface area (Å²) in [5.41, 5.74) is -0.126. The molecule has 23 heavy (non-hydrogen) atoms. The summed E-state index contributed by atoms with van der Waals surface area (Å²) in [6.07, 6.45) is 0. The largest absolute Gasteiger partial charge is 0.355 e. The highest BCUT2D eigenvalue weighted by Crippen LogP contribution is 2.30. The van der Waals surface area contributed by atoms with Gasteiger partial charge in [-0.2, -0.15) is 0 Å². The summed E-state index contributed by atoms with van der Waals surface area (Å²) < 4.78 is 80.6. The molecular weight excluding hydrogens is 308 g/mol. The normalized spacial score (nSPS) is 24.4. The van der Waals surface area contributed by atoms with Crippen LogP contribution in [0, 0.1) is 0 Å². The molecule has 2 aromatic carbocycles. The molecule has 0 atom stereocenters. The number of piperazine rings is 1. The average molecular weight is 337 g/mol. The smallest absolute Gasteiger partial charge is 0.116 e. The van der Waals surface area contributed by atoms with Crippen LogP contribution in [-0.2, 0) is 0 Å². The van der Waals surface area contributed by atoms with Crippen molar-refractivity contribution >= 4 is 28.8 Å². The molecule has 2 heterocycles. The Morgan fingerprint density at radius 1 is 1.17 bits per heavy atom. The third kappa shape index (κ3) is 2.80. The molecule has 0 saturated carbocycles. The molecule has 1 saturated heterocycles. The summed E-state index contributed by atoms with van der Waals surface area (Å²) >= 11 is 6.10. The van der Waals surface area contributed by atoms with Crippen LogP contribution in [0.5, 0.6) is 0 Å². The lowest BCUT2D eigenvalue weighted by atomic mass is 10.2. The Morgan fingerprint density at radius 2 is 2.00 bits per heavy atom. The maximum Gasteiger partial charge on any atom is 0.116 e. The maximum atomic E-state index is 8.50. The summed E-state index contributed by atoms with van der Waals surface area (Å²) in [6.45, 7) is -1.46. The Balaban J connectivity index is 2.02. The SMILES string of the molecule is [2H]c1c([2H])c2c(c([2H])c1Cl)NC(N1CCN(C([2H])([2H])[2H])CC1)=c1c([2H])c([2H])c([2H])c([2H])c1=N2. The fourth-order valence-corrected chi connectivity index (χ4v) is 2.71. The van der Waals surface area contributed by atoms with E-state index < -0.39 is 31.1 Å². The van der Waals surface area contributed by atoms with Gasteiger partial charge in [0.05, 0.1) is 26.3 Å². The lowest BCUT2D eigenvalue weighted by Crippen LogP contribution is -2.47. The second kappa shape index (κ2) is 5.87. The molecular formula is C18H19ClN4. The van der Waals surface area contributed by atoms with Gasteiger partial charge in [0.25, 0.3) is 0 Å². The number of anilines is 1. The summed E-state index contributed by atoms with van der Waals surface area (Å²) in [5, 5.41) is 2.65. The third-order valence-electron chi connectivity index (χ3n) is 3.73. The highest BCUT2D eigenvalue weighted by atomic mass is 35.5. The minimum atomic E-state index is -2.26. The van der Waals surface area contributed by atoms with E-state index in [1.54, 1.807) is 4.90 Å². The van der Waals surface area contributed by atoms with Crippen LogP contribution in [0.2, 0.25) is 5.02 Å². The van der Waals surface area contributed by atoms with Gasteiger partial charge in [-0.25, -0.2) is 4.99 Å². The van der Waals surface area contributed by atoms with Gasteiger partial charge in [0.1, 0.15) is 5.82 Å². The Hall–Kier alpha value is -2.04. The standard InChI is InChI=1S/C18H19ClN4/c1-22-8-10-23(11-9-22)18-14-4-2-3-5-15(14)20-16-7-6-13(19)12-17(16)21-18/h2-7,12,21H,8-11H2,1H3/i1D3,2D,3D,4D,5D,6D,7D,12D. The predicted octanol–water partition coefficient (Wildman–Crippen LogP) is 2.03. The predicted molar refractivity (Wildman–Crippen MR) is 94.4 cm³/mol. The molecule has 0 bridgehead atoms. The molecule has 0 amide bonds. The molecule has 2 aliphatic heterocycles. The zero-order valence-corrected chi connectivity index (χ0v) is 12.8. The second-order valence-corrected chi connectivity index (χ2v) is 5.57. The molecule has 0 aromatic heterocycles. The fourth-order valence-electron chi connectivity index (χ4n) is 2.57. The molecule has 2 aliphatic rings. The van der Waals surface area contributed by atoms with Crippen LogP contribution in [0.1, 0.15) is 13.7 Å². The molecule has 0 radical (unpaired) electrons. The molecule has 5 heteroatoms. The molecule has 4 rings (SSSR count). The second-order valence-electron chi connectivity index (χ2n) is 5.20. The average Bonchev–Trinajstić information content (AvgIpc) is 2.96. The molecule has 2 aromatic rings. The van der Waals surface area contributed by atoms with Crippen LogP contribution in [0.15, 0.2) is 47.3 Å². The van der Waals surface area contributed by atoms with Gasteiger partial charge >= 0.3 is 0 Å². The number of benzene rings is 2. The van der Waals surface area contributed by atoms with Crippen molar-refractivity contribution in [3.63, 3.8) is 0 Å². The molecule has 0 spiro atoms. The van der Waals surface area contributed by atoms with Crippen LogP contribution >= 0.6 is 11.6 Å². The summed E-state index contributed by atoms with van der Waals surface area (Å²) in [7, 11) is 0. The van der Waals surface area contributed by atoms with Crippen LogP contribution in [0.3, 0.4) is 0 Å². The lowest BCUT2D eigenvalue weighted by molar-refractivity contribution is 0.206. The summed E-state index contributed by atoms with van der Waals surface area (Å²) in [4.78, 5) is 7.39. The van der Waals surface area contributed by atoms with E-state index in [9.17, 15) is 0 Å². The van der Waals surface area contributed by atoms with Gasteiger partial charge in [-0.3, -0.25) is 0 Å². The van der Waals surface area contributed by atoms with E-state index in [1.165, 1.54) is 4.90 Å². The van der Waals surface area contributed by atoms with Gasteiger partial charge < -0.3 is 15.1 Å². The van der Waals surface area contributed by atoms with E-state index in [4.69, 9.17) is 25.3 Å². The number of likely N-dealkylation sites (N-methyl/N-ethyl adjacent to an activating group) is 1. The van der Waals surface area contributed by atoms with Crippen LogP contribution in [-0.4, -0.2) is 43.0 Å². The Morgan fingerprint density at radius 3 is 2.83 bits per heavy atom. The Labute approximate surface area is 154 Å². The van der Waals surface area contributed by atoms with Crippen LogP contribution < -0.4 is 15.9 Å². The highest BCUT2D eigenvalue weighted by Gasteiger charge is 2.19. The number of fused-ring (bicyclic) bond motifs is 2. The van der Waals surface area contributed by atoms with Gasteiger partial charge in [0.2, 0.25) is 0 Å². The van der Waals surface area contributed by atoms with Gasteiger partial charge in [-0.1, -0.05) is 23.7 Å². The van der Waals surface area contributed by atoms with Crippen molar-refractivity contribution in [2.24, 2.45) is 4.99 Å². The highest BCUT2D eigenvalue weighted by molar-refractivity contribution is 6.31. The number of halogens is 1. The Kier molecular flexibility index (Phi) is 1.85. The van der Waals surface area contributed by atoms with Crippen molar-refractivity contribution < 1.29 is 13.7 Å². The molecule has 4 nitrogen and oxygen atoms in total. The van der Waals surface area contributed by atoms with Gasteiger partial charge in [-0.15, -0.1) is 0 Å². The summed E-state index contributed by atoms with van der Waals surface area (Å²) in [5.74, 6) is 0.214. The minimum Gasteiger partial charge on any atom is -0.355 e. The molecule has 1 N–H and O–H groups in total. The van der Waals surface area contributed by atoms with Gasteiger partial charge in [0, 0.05) is 40.5 Å². The number of hydrogen-bond donors (Lipinski definition) is 1. The van der Waals surface area contributed by atoms with Crippen molar-refractivity contribution in [3.05, 3.63) is 57.9 Å². The first kappa shape index (κ1) is 7.24. The molecule has 118 valence electrons. The maximum absolute atomic E-state index is 8.50. The van der Waals surface area contributed by atoms with Crippen LogP contribution in [0.4, 0.5) is 11.4 Å². The first-order chi connectivity index (χ1) is 15.3. The van der Waals surface area contributed by atoms with Crippen molar-refractivity contribution in [2.45, 2.75) is 0 Å². The first-order valence-corrected chi connectivity index (χ1v) is 7.48. The van der Waals surface area contributed by atoms with E-state index in [-0.39, 0.29) is 77.1 Å². The lowest BCUT2D eigenvalue weighted by Gasteiger charge is -2.35.